The molecule has 0 aliphatic rings. The maximum Gasteiger partial charge on any atom is 0.314 e. The highest BCUT2D eigenvalue weighted by Gasteiger charge is 1.98. The van der Waals surface area contributed by atoms with Crippen LogP contribution in [0.25, 0.3) is 0 Å². The Hall–Kier alpha value is -1.75. The number of aryl methyl sites for hydroxylation is 1. The Bertz CT molecular complexity index is 352. The molecule has 0 saturated heterocycles. The van der Waals surface area contributed by atoms with Crippen molar-refractivity contribution in [2.45, 2.75) is 6.92 Å². The minimum atomic E-state index is -0.209. The van der Waals surface area contributed by atoms with Gasteiger partial charge in [-0.15, -0.1) is 0 Å². The van der Waals surface area contributed by atoms with Gasteiger partial charge in [-0.05, 0) is 19.1 Å². The van der Waals surface area contributed by atoms with Crippen LogP contribution in [-0.4, -0.2) is 39.4 Å². The van der Waals surface area contributed by atoms with Crippen LogP contribution >= 0.6 is 0 Å². The zero-order chi connectivity index (χ0) is 13.2. The molecular weight excluding hydrogens is 232 g/mol. The van der Waals surface area contributed by atoms with Crippen LogP contribution in [0.1, 0.15) is 5.56 Å². The molecule has 18 heavy (non-hydrogen) atoms. The van der Waals surface area contributed by atoms with Crippen LogP contribution in [-0.2, 0) is 4.74 Å². The van der Waals surface area contributed by atoms with Crippen LogP contribution in [0.15, 0.2) is 24.3 Å². The average Bonchev–Trinajstić information content (AvgIpc) is 2.37. The summed E-state index contributed by atoms with van der Waals surface area (Å²) in [4.78, 5) is 11.2. The number of ether oxygens (including phenoxy) is 2. The van der Waals surface area contributed by atoms with Crippen molar-refractivity contribution in [1.29, 1.82) is 0 Å². The number of carbonyl (C=O) groups is 1. The molecule has 0 unspecified atom stereocenters. The summed E-state index contributed by atoms with van der Waals surface area (Å²) < 4.78 is 10.3. The molecule has 1 aromatic rings. The van der Waals surface area contributed by atoms with Gasteiger partial charge in [-0.3, -0.25) is 0 Å². The topological polar surface area (TPSA) is 59.6 Å². The minimum absolute atomic E-state index is 0.209. The number of urea groups is 1. The Labute approximate surface area is 107 Å². The van der Waals surface area contributed by atoms with Crippen molar-refractivity contribution in [3.05, 3.63) is 29.8 Å². The smallest absolute Gasteiger partial charge is 0.314 e. The molecule has 0 spiro atoms. The molecule has 5 nitrogen and oxygen atoms in total. The molecule has 100 valence electrons. The van der Waals surface area contributed by atoms with Gasteiger partial charge in [-0.1, -0.05) is 17.7 Å². The van der Waals surface area contributed by atoms with Crippen molar-refractivity contribution < 1.29 is 14.3 Å². The van der Waals surface area contributed by atoms with Crippen molar-refractivity contribution >= 4 is 6.03 Å². The summed E-state index contributed by atoms with van der Waals surface area (Å²) in [5, 5.41) is 5.35. The van der Waals surface area contributed by atoms with Crippen molar-refractivity contribution in [2.75, 3.05) is 33.4 Å². The number of hydrogen-bond acceptors (Lipinski definition) is 3. The van der Waals surface area contributed by atoms with Gasteiger partial charge in [0.15, 0.2) is 0 Å². The molecule has 0 saturated carbocycles. The Kier molecular flexibility index (Phi) is 6.64. The molecule has 0 aliphatic carbocycles. The van der Waals surface area contributed by atoms with Gasteiger partial charge < -0.3 is 20.1 Å². The van der Waals surface area contributed by atoms with Gasteiger partial charge in [0.2, 0.25) is 0 Å². The molecule has 0 fully saturated rings. The van der Waals surface area contributed by atoms with Crippen molar-refractivity contribution in [2.24, 2.45) is 0 Å². The first-order valence-corrected chi connectivity index (χ1v) is 5.92. The van der Waals surface area contributed by atoms with Gasteiger partial charge in [-0.2, -0.15) is 0 Å². The van der Waals surface area contributed by atoms with Crippen molar-refractivity contribution in [3.8, 4) is 5.75 Å². The predicted octanol–water partition coefficient (Wildman–Crippen LogP) is 1.32. The van der Waals surface area contributed by atoms with E-state index >= 15 is 0 Å². The average molecular weight is 252 g/mol. The monoisotopic (exact) mass is 252 g/mol. The van der Waals surface area contributed by atoms with E-state index in [4.69, 9.17) is 9.47 Å². The fourth-order valence-corrected chi connectivity index (χ4v) is 1.30. The Morgan fingerprint density at radius 1 is 1.11 bits per heavy atom. The molecule has 2 N–H and O–H groups in total. The first-order chi connectivity index (χ1) is 8.72. The number of carbonyl (C=O) groups excluding carboxylic acids is 1. The standard InChI is InChI=1S/C13H20N2O3/c1-11-3-5-12(6-4-11)18-10-8-15-13(16)14-7-9-17-2/h3-6H,7-10H2,1-2H3,(H2,14,15,16). The van der Waals surface area contributed by atoms with Gasteiger partial charge in [-0.25, -0.2) is 4.79 Å². The quantitative estimate of drug-likeness (QED) is 0.719. The summed E-state index contributed by atoms with van der Waals surface area (Å²) in [7, 11) is 1.59. The van der Waals surface area contributed by atoms with Crippen LogP contribution in [0.5, 0.6) is 5.75 Å². The lowest BCUT2D eigenvalue weighted by Gasteiger charge is -2.08. The number of nitrogens with one attached hydrogen (secondary N) is 2. The summed E-state index contributed by atoms with van der Waals surface area (Å²) in [5.74, 6) is 0.808. The highest BCUT2D eigenvalue weighted by Crippen LogP contribution is 2.10. The highest BCUT2D eigenvalue weighted by molar-refractivity contribution is 5.73. The van der Waals surface area contributed by atoms with Crippen molar-refractivity contribution in [1.82, 2.24) is 10.6 Å². The number of methoxy groups -OCH3 is 1. The van der Waals surface area contributed by atoms with E-state index in [-0.39, 0.29) is 6.03 Å². The largest absolute Gasteiger partial charge is 0.492 e. The molecule has 1 rings (SSSR count). The fourth-order valence-electron chi connectivity index (χ4n) is 1.30. The third-order valence-electron chi connectivity index (χ3n) is 2.27. The van der Waals surface area contributed by atoms with E-state index in [9.17, 15) is 4.79 Å². The lowest BCUT2D eigenvalue weighted by Crippen LogP contribution is -2.39. The summed E-state index contributed by atoms with van der Waals surface area (Å²) in [6.45, 7) is 3.94. The molecule has 0 heterocycles. The first kappa shape index (κ1) is 14.3. The normalized spacial score (nSPS) is 9.89. The summed E-state index contributed by atoms with van der Waals surface area (Å²) in [6, 6.07) is 7.59. The molecule has 1 aromatic carbocycles. The Morgan fingerprint density at radius 2 is 1.72 bits per heavy atom. The van der Waals surface area contributed by atoms with Crippen molar-refractivity contribution in [3.63, 3.8) is 0 Å². The third-order valence-corrected chi connectivity index (χ3v) is 2.27. The van der Waals surface area contributed by atoms with Gasteiger partial charge in [0, 0.05) is 13.7 Å². The summed E-state index contributed by atoms with van der Waals surface area (Å²) in [5.41, 5.74) is 1.19. The van der Waals surface area contributed by atoms with Crippen LogP contribution in [0.3, 0.4) is 0 Å². The molecule has 0 bridgehead atoms. The molecular formula is C13H20N2O3. The van der Waals surface area contributed by atoms with E-state index in [0.29, 0.717) is 26.3 Å². The molecule has 0 aliphatic heterocycles. The van der Waals surface area contributed by atoms with E-state index in [0.717, 1.165) is 5.75 Å². The van der Waals surface area contributed by atoms with Crippen LogP contribution < -0.4 is 15.4 Å². The van der Waals surface area contributed by atoms with Gasteiger partial charge in [0.05, 0.1) is 13.2 Å². The van der Waals surface area contributed by atoms with E-state index in [1.54, 1.807) is 7.11 Å². The lowest BCUT2D eigenvalue weighted by atomic mass is 10.2. The molecule has 0 atom stereocenters. The van der Waals surface area contributed by atoms with Crippen LogP contribution in [0.2, 0.25) is 0 Å². The number of hydrogen-bond donors (Lipinski definition) is 2. The maximum absolute atomic E-state index is 11.2. The minimum Gasteiger partial charge on any atom is -0.492 e. The maximum atomic E-state index is 11.2. The van der Waals surface area contributed by atoms with Crippen LogP contribution in [0, 0.1) is 6.92 Å². The second-order valence-corrected chi connectivity index (χ2v) is 3.84. The molecule has 5 heteroatoms. The highest BCUT2D eigenvalue weighted by atomic mass is 16.5. The van der Waals surface area contributed by atoms with Crippen LogP contribution in [0.4, 0.5) is 4.79 Å². The van der Waals surface area contributed by atoms with Gasteiger partial charge in [0.25, 0.3) is 0 Å². The molecule has 0 aromatic heterocycles. The molecule has 0 radical (unpaired) electrons. The zero-order valence-corrected chi connectivity index (χ0v) is 10.9. The van der Waals surface area contributed by atoms with Gasteiger partial charge in [0.1, 0.15) is 12.4 Å². The second-order valence-electron chi connectivity index (χ2n) is 3.84. The van der Waals surface area contributed by atoms with E-state index in [1.165, 1.54) is 5.56 Å². The molecule has 2 amide bonds. The van der Waals surface area contributed by atoms with E-state index in [1.807, 2.05) is 31.2 Å². The number of amides is 2. The summed E-state index contributed by atoms with van der Waals surface area (Å²) >= 11 is 0. The first-order valence-electron chi connectivity index (χ1n) is 5.92. The Morgan fingerprint density at radius 3 is 2.33 bits per heavy atom. The third kappa shape index (κ3) is 6.10. The predicted molar refractivity (Wildman–Crippen MR) is 70.0 cm³/mol. The fraction of sp³-hybridized carbons (Fsp3) is 0.462. The van der Waals surface area contributed by atoms with Gasteiger partial charge >= 0.3 is 6.03 Å². The SMILES string of the molecule is COCCNC(=O)NCCOc1ccc(C)cc1. The van der Waals surface area contributed by atoms with E-state index in [2.05, 4.69) is 10.6 Å². The number of rotatable bonds is 7. The zero-order valence-electron chi connectivity index (χ0n) is 10.9. The Balaban J connectivity index is 2.07. The second kappa shape index (κ2) is 8.36. The lowest BCUT2D eigenvalue weighted by molar-refractivity contribution is 0.195. The van der Waals surface area contributed by atoms with E-state index < -0.39 is 0 Å². The number of benzene rings is 1. The summed E-state index contributed by atoms with van der Waals surface area (Å²) in [6.07, 6.45) is 0.